The lowest BCUT2D eigenvalue weighted by Crippen LogP contribution is -2.42. The zero-order valence-electron chi connectivity index (χ0n) is 13.3. The van der Waals surface area contributed by atoms with Gasteiger partial charge in [0.25, 0.3) is 0 Å². The Morgan fingerprint density at radius 2 is 2.26 bits per heavy atom. The zero-order chi connectivity index (χ0) is 16.2. The van der Waals surface area contributed by atoms with Gasteiger partial charge in [0, 0.05) is 48.5 Å². The summed E-state index contributed by atoms with van der Waals surface area (Å²) in [6.07, 6.45) is 5.33. The molecule has 0 aliphatic carbocycles. The van der Waals surface area contributed by atoms with Crippen molar-refractivity contribution >= 4 is 23.4 Å². The Labute approximate surface area is 136 Å². The van der Waals surface area contributed by atoms with E-state index < -0.39 is 0 Å². The summed E-state index contributed by atoms with van der Waals surface area (Å²) in [5.74, 6) is 1.79. The standard InChI is InChI=1S/C17H22N6/c1-12-20-7-6-17(21-12)23-8-2-3-15(11-23)22-14-4-5-16(19)13(9-14)10-18/h4-7,9-10,15,18,22H,2-3,8,11,19H2,1H3. The zero-order valence-corrected chi connectivity index (χ0v) is 13.3. The summed E-state index contributed by atoms with van der Waals surface area (Å²) >= 11 is 0. The van der Waals surface area contributed by atoms with E-state index in [-0.39, 0.29) is 0 Å². The normalized spacial score (nSPS) is 17.8. The molecule has 2 heterocycles. The Morgan fingerprint density at radius 3 is 3.04 bits per heavy atom. The van der Waals surface area contributed by atoms with Gasteiger partial charge in [0.1, 0.15) is 11.6 Å². The summed E-state index contributed by atoms with van der Waals surface area (Å²) < 4.78 is 0. The molecule has 120 valence electrons. The molecule has 0 radical (unpaired) electrons. The quantitative estimate of drug-likeness (QED) is 0.596. The predicted molar refractivity (Wildman–Crippen MR) is 94.4 cm³/mol. The van der Waals surface area contributed by atoms with Crippen molar-refractivity contribution in [3.8, 4) is 0 Å². The van der Waals surface area contributed by atoms with Gasteiger partial charge in [-0.25, -0.2) is 9.97 Å². The first-order chi connectivity index (χ1) is 11.2. The maximum absolute atomic E-state index is 7.41. The first-order valence-corrected chi connectivity index (χ1v) is 7.87. The fraction of sp³-hybridized carbons (Fsp3) is 0.353. The van der Waals surface area contributed by atoms with Crippen LogP contribution in [0.4, 0.5) is 17.2 Å². The van der Waals surface area contributed by atoms with Crippen LogP contribution in [0.3, 0.4) is 0 Å². The number of benzene rings is 1. The lowest BCUT2D eigenvalue weighted by molar-refractivity contribution is 0.526. The number of aromatic nitrogens is 2. The molecular weight excluding hydrogens is 288 g/mol. The largest absolute Gasteiger partial charge is 0.398 e. The van der Waals surface area contributed by atoms with Crippen molar-refractivity contribution in [2.24, 2.45) is 0 Å². The smallest absolute Gasteiger partial charge is 0.132 e. The maximum atomic E-state index is 7.41. The molecule has 6 heteroatoms. The van der Waals surface area contributed by atoms with Gasteiger partial charge in [-0.15, -0.1) is 0 Å². The number of anilines is 3. The Kier molecular flexibility index (Phi) is 4.41. The second kappa shape index (κ2) is 6.64. The van der Waals surface area contributed by atoms with Gasteiger partial charge in [0.2, 0.25) is 0 Å². The molecular formula is C17H22N6. The SMILES string of the molecule is Cc1nccc(N2CCCC(Nc3ccc(N)c(C=N)c3)C2)n1. The summed E-state index contributed by atoms with van der Waals surface area (Å²) in [6.45, 7) is 3.83. The van der Waals surface area contributed by atoms with Crippen molar-refractivity contribution in [2.45, 2.75) is 25.8 Å². The molecule has 3 rings (SSSR count). The summed E-state index contributed by atoms with van der Waals surface area (Å²) in [7, 11) is 0. The van der Waals surface area contributed by atoms with E-state index in [1.807, 2.05) is 37.4 Å². The second-order valence-electron chi connectivity index (χ2n) is 5.88. The first kappa shape index (κ1) is 15.3. The van der Waals surface area contributed by atoms with E-state index in [0.717, 1.165) is 48.8 Å². The third-order valence-corrected chi connectivity index (χ3v) is 4.12. The van der Waals surface area contributed by atoms with Crippen LogP contribution in [0.1, 0.15) is 24.2 Å². The van der Waals surface area contributed by atoms with E-state index in [1.165, 1.54) is 6.21 Å². The van der Waals surface area contributed by atoms with Crippen LogP contribution in [0.2, 0.25) is 0 Å². The molecule has 2 aromatic rings. The summed E-state index contributed by atoms with van der Waals surface area (Å²) in [5.41, 5.74) is 8.22. The highest BCUT2D eigenvalue weighted by atomic mass is 15.2. The number of nitrogens with two attached hydrogens (primary N) is 1. The highest BCUT2D eigenvalue weighted by Gasteiger charge is 2.21. The van der Waals surface area contributed by atoms with Crippen molar-refractivity contribution in [3.63, 3.8) is 0 Å². The van der Waals surface area contributed by atoms with Gasteiger partial charge in [-0.2, -0.15) is 0 Å². The molecule has 1 aliphatic heterocycles. The fourth-order valence-electron chi connectivity index (χ4n) is 2.95. The number of nitrogens with one attached hydrogen (secondary N) is 2. The van der Waals surface area contributed by atoms with E-state index in [9.17, 15) is 0 Å². The lowest BCUT2D eigenvalue weighted by Gasteiger charge is -2.34. The average molecular weight is 310 g/mol. The van der Waals surface area contributed by atoms with Gasteiger partial charge in [-0.1, -0.05) is 0 Å². The van der Waals surface area contributed by atoms with Crippen LogP contribution < -0.4 is 16.0 Å². The van der Waals surface area contributed by atoms with Gasteiger partial charge in [0.05, 0.1) is 0 Å². The van der Waals surface area contributed by atoms with E-state index in [1.54, 1.807) is 0 Å². The summed E-state index contributed by atoms with van der Waals surface area (Å²) in [6, 6.07) is 8.05. The van der Waals surface area contributed by atoms with Crippen molar-refractivity contribution in [3.05, 3.63) is 41.9 Å². The molecule has 1 aromatic carbocycles. The summed E-state index contributed by atoms with van der Waals surface area (Å²) in [5, 5.41) is 11.0. The average Bonchev–Trinajstić information content (AvgIpc) is 2.57. The molecule has 0 saturated carbocycles. The number of nitrogens with zero attached hydrogens (tertiary/aromatic N) is 3. The predicted octanol–water partition coefficient (Wildman–Crippen LogP) is 2.45. The van der Waals surface area contributed by atoms with Gasteiger partial charge < -0.3 is 21.4 Å². The molecule has 1 saturated heterocycles. The van der Waals surface area contributed by atoms with Gasteiger partial charge in [0.15, 0.2) is 0 Å². The highest BCUT2D eigenvalue weighted by Crippen LogP contribution is 2.22. The number of piperidine rings is 1. The van der Waals surface area contributed by atoms with Crippen LogP contribution in [0.5, 0.6) is 0 Å². The van der Waals surface area contributed by atoms with E-state index in [4.69, 9.17) is 11.1 Å². The molecule has 1 aromatic heterocycles. The number of aryl methyl sites for hydroxylation is 1. The van der Waals surface area contributed by atoms with Crippen LogP contribution in [-0.2, 0) is 0 Å². The molecule has 1 aliphatic rings. The topological polar surface area (TPSA) is 90.9 Å². The van der Waals surface area contributed by atoms with Crippen LogP contribution in [0.15, 0.2) is 30.5 Å². The van der Waals surface area contributed by atoms with Gasteiger partial charge in [-0.3, -0.25) is 0 Å². The molecule has 0 amide bonds. The third kappa shape index (κ3) is 3.59. The number of hydrogen-bond acceptors (Lipinski definition) is 6. The molecule has 1 unspecified atom stereocenters. The Bertz CT molecular complexity index is 699. The highest BCUT2D eigenvalue weighted by molar-refractivity contribution is 5.86. The van der Waals surface area contributed by atoms with Crippen LogP contribution in [0.25, 0.3) is 0 Å². The van der Waals surface area contributed by atoms with E-state index in [0.29, 0.717) is 11.7 Å². The van der Waals surface area contributed by atoms with Crippen molar-refractivity contribution in [1.82, 2.24) is 9.97 Å². The van der Waals surface area contributed by atoms with Crippen molar-refractivity contribution in [2.75, 3.05) is 29.0 Å². The van der Waals surface area contributed by atoms with Crippen LogP contribution in [0, 0.1) is 12.3 Å². The van der Waals surface area contributed by atoms with E-state index in [2.05, 4.69) is 20.2 Å². The lowest BCUT2D eigenvalue weighted by atomic mass is 10.0. The first-order valence-electron chi connectivity index (χ1n) is 7.87. The molecule has 1 atom stereocenters. The molecule has 0 spiro atoms. The van der Waals surface area contributed by atoms with Crippen molar-refractivity contribution in [1.29, 1.82) is 5.41 Å². The Balaban J connectivity index is 1.70. The van der Waals surface area contributed by atoms with Crippen molar-refractivity contribution < 1.29 is 0 Å². The Morgan fingerprint density at radius 1 is 1.39 bits per heavy atom. The Hall–Kier alpha value is -2.63. The number of rotatable bonds is 4. The van der Waals surface area contributed by atoms with Gasteiger partial charge in [-0.05, 0) is 44.0 Å². The molecule has 4 N–H and O–H groups in total. The van der Waals surface area contributed by atoms with Gasteiger partial charge >= 0.3 is 0 Å². The second-order valence-corrected chi connectivity index (χ2v) is 5.88. The molecule has 0 bridgehead atoms. The molecule has 6 nitrogen and oxygen atoms in total. The fourth-order valence-corrected chi connectivity index (χ4v) is 2.95. The molecule has 1 fully saturated rings. The van der Waals surface area contributed by atoms with Crippen LogP contribution >= 0.6 is 0 Å². The minimum absolute atomic E-state index is 0.348. The third-order valence-electron chi connectivity index (χ3n) is 4.12. The minimum atomic E-state index is 0.348. The molecule has 23 heavy (non-hydrogen) atoms. The monoisotopic (exact) mass is 310 g/mol. The van der Waals surface area contributed by atoms with Crippen LogP contribution in [-0.4, -0.2) is 35.3 Å². The summed E-state index contributed by atoms with van der Waals surface area (Å²) in [4.78, 5) is 11.0. The number of nitrogen functional groups attached to an aromatic ring is 1. The number of hydrogen-bond donors (Lipinski definition) is 3. The minimum Gasteiger partial charge on any atom is -0.398 e. The maximum Gasteiger partial charge on any atom is 0.132 e. The van der Waals surface area contributed by atoms with E-state index >= 15 is 0 Å².